The summed E-state index contributed by atoms with van der Waals surface area (Å²) in [5, 5.41) is 10.6. The Hall–Kier alpha value is -1.34. The fourth-order valence-electron chi connectivity index (χ4n) is 2.46. The van der Waals surface area contributed by atoms with Gasteiger partial charge < -0.3 is 0 Å². The summed E-state index contributed by atoms with van der Waals surface area (Å²) >= 11 is 0.304. The molecule has 0 amide bonds. The van der Waals surface area contributed by atoms with Crippen LogP contribution in [0.2, 0.25) is 0 Å². The quantitative estimate of drug-likeness (QED) is 0.657. The Morgan fingerprint density at radius 1 is 1.04 bits per heavy atom. The Kier molecular flexibility index (Phi) is 8.17. The maximum atomic E-state index is 10.6. The van der Waals surface area contributed by atoms with Gasteiger partial charge in [-0.25, -0.2) is 0 Å². The molecule has 0 aromatic heterocycles. The molecule has 2 heteroatoms. The molecule has 0 aliphatic carbocycles. The molecule has 0 aliphatic rings. The zero-order chi connectivity index (χ0) is 16.3. The third kappa shape index (κ3) is 6.74. The Bertz CT molecular complexity index is 577. The van der Waals surface area contributed by atoms with Gasteiger partial charge in [-0.05, 0) is 0 Å². The fourth-order valence-corrected chi connectivity index (χ4v) is 4.30. The van der Waals surface area contributed by atoms with Crippen LogP contribution in [-0.2, 0) is 6.42 Å². The number of benzene rings is 2. The molecule has 23 heavy (non-hydrogen) atoms. The minimum absolute atomic E-state index is 0.304. The number of aliphatic hydroxyl groups excluding tert-OH is 1. The van der Waals surface area contributed by atoms with Crippen molar-refractivity contribution in [3.05, 3.63) is 76.8 Å². The molecule has 2 aromatic rings. The first-order valence-corrected chi connectivity index (χ1v) is 10.3. The first kappa shape index (κ1) is 18.0. The van der Waals surface area contributed by atoms with Crippen LogP contribution >= 0.6 is 0 Å². The van der Waals surface area contributed by atoms with Crippen molar-refractivity contribution in [3.8, 4) is 0 Å². The summed E-state index contributed by atoms with van der Waals surface area (Å²) in [4.78, 5) is 2.30. The third-order valence-corrected chi connectivity index (χ3v) is 5.91. The first-order valence-electron chi connectivity index (χ1n) is 8.42. The Balaban J connectivity index is 1.95. The van der Waals surface area contributed by atoms with Crippen LogP contribution in [0.4, 0.5) is 0 Å². The van der Waals surface area contributed by atoms with Crippen molar-refractivity contribution in [2.45, 2.75) is 45.1 Å². The Morgan fingerprint density at radius 2 is 1.70 bits per heavy atom. The summed E-state index contributed by atoms with van der Waals surface area (Å²) in [7, 11) is 0. The van der Waals surface area contributed by atoms with Gasteiger partial charge in [0, 0.05) is 0 Å². The first-order chi connectivity index (χ1) is 11.3. The monoisotopic (exact) mass is 374 g/mol. The number of unbranched alkanes of at least 4 members (excludes halogenated alkanes) is 1. The second-order valence-corrected chi connectivity index (χ2v) is 7.75. The Labute approximate surface area is 146 Å². The summed E-state index contributed by atoms with van der Waals surface area (Å²) < 4.78 is 1.37. The molecule has 2 aromatic carbocycles. The predicted molar refractivity (Wildman–Crippen MR) is 100 cm³/mol. The van der Waals surface area contributed by atoms with E-state index < -0.39 is 0 Å². The SMILES string of the molecule is CCCC/C(=C/[Se]c1ccccc1)C(O)CCc1ccccc1. The average Bonchev–Trinajstić information content (AvgIpc) is 2.61. The number of hydrogen-bond donors (Lipinski definition) is 1. The van der Waals surface area contributed by atoms with Crippen molar-refractivity contribution in [2.75, 3.05) is 0 Å². The van der Waals surface area contributed by atoms with E-state index in [9.17, 15) is 5.11 Å². The molecule has 0 bridgehead atoms. The van der Waals surface area contributed by atoms with Crippen LogP contribution in [0, 0.1) is 0 Å². The molecule has 1 nitrogen and oxygen atoms in total. The van der Waals surface area contributed by atoms with Crippen molar-refractivity contribution in [1.82, 2.24) is 0 Å². The molecule has 0 heterocycles. The minimum atomic E-state index is -0.313. The third-order valence-electron chi connectivity index (χ3n) is 3.89. The molecule has 0 spiro atoms. The van der Waals surface area contributed by atoms with Crippen molar-refractivity contribution in [2.24, 2.45) is 0 Å². The van der Waals surface area contributed by atoms with Gasteiger partial charge in [0.2, 0.25) is 0 Å². The van der Waals surface area contributed by atoms with Crippen LogP contribution in [0.25, 0.3) is 0 Å². The van der Waals surface area contributed by atoms with Gasteiger partial charge in [0.25, 0.3) is 0 Å². The van der Waals surface area contributed by atoms with Crippen LogP contribution in [0.1, 0.15) is 38.2 Å². The summed E-state index contributed by atoms with van der Waals surface area (Å²) in [6.07, 6.45) is 4.77. The van der Waals surface area contributed by atoms with Gasteiger partial charge in [-0.15, -0.1) is 0 Å². The van der Waals surface area contributed by atoms with E-state index in [1.165, 1.54) is 22.0 Å². The summed E-state index contributed by atoms with van der Waals surface area (Å²) in [6, 6.07) is 21.0. The number of aliphatic hydroxyl groups is 1. The molecule has 0 saturated carbocycles. The topological polar surface area (TPSA) is 20.2 Å². The van der Waals surface area contributed by atoms with Crippen LogP contribution in [-0.4, -0.2) is 26.2 Å². The molecular formula is C21H26OSe. The van der Waals surface area contributed by atoms with E-state index >= 15 is 0 Å². The van der Waals surface area contributed by atoms with Gasteiger partial charge in [0.1, 0.15) is 0 Å². The second kappa shape index (κ2) is 10.4. The van der Waals surface area contributed by atoms with Gasteiger partial charge in [-0.1, -0.05) is 0 Å². The van der Waals surface area contributed by atoms with Crippen molar-refractivity contribution < 1.29 is 5.11 Å². The summed E-state index contributed by atoms with van der Waals surface area (Å²) in [5.41, 5.74) is 2.53. The zero-order valence-corrected chi connectivity index (χ0v) is 15.5. The fraction of sp³-hybridized carbons (Fsp3) is 0.333. The molecular weight excluding hydrogens is 347 g/mol. The van der Waals surface area contributed by atoms with E-state index in [1.807, 2.05) is 6.07 Å². The van der Waals surface area contributed by atoms with E-state index in [4.69, 9.17) is 0 Å². The van der Waals surface area contributed by atoms with Gasteiger partial charge in [-0.3, -0.25) is 0 Å². The van der Waals surface area contributed by atoms with E-state index in [1.54, 1.807) is 0 Å². The molecule has 2 rings (SSSR count). The molecule has 122 valence electrons. The maximum absolute atomic E-state index is 10.6. The molecule has 1 N–H and O–H groups in total. The predicted octanol–water partition coefficient (Wildman–Crippen LogP) is 4.08. The summed E-state index contributed by atoms with van der Waals surface area (Å²) in [5.74, 6) is 0. The average molecular weight is 373 g/mol. The van der Waals surface area contributed by atoms with Crippen LogP contribution in [0.15, 0.2) is 71.2 Å². The van der Waals surface area contributed by atoms with Gasteiger partial charge >= 0.3 is 146 Å². The van der Waals surface area contributed by atoms with E-state index in [0.29, 0.717) is 15.0 Å². The summed E-state index contributed by atoms with van der Waals surface area (Å²) in [6.45, 7) is 2.20. The van der Waals surface area contributed by atoms with E-state index in [0.717, 1.165) is 25.7 Å². The molecule has 0 radical (unpaired) electrons. The molecule has 0 aliphatic heterocycles. The Morgan fingerprint density at radius 3 is 2.35 bits per heavy atom. The van der Waals surface area contributed by atoms with Gasteiger partial charge in [0.15, 0.2) is 0 Å². The zero-order valence-electron chi connectivity index (χ0n) is 13.8. The van der Waals surface area contributed by atoms with E-state index in [2.05, 4.69) is 66.5 Å². The van der Waals surface area contributed by atoms with Crippen molar-refractivity contribution in [1.29, 1.82) is 0 Å². The molecule has 0 saturated heterocycles. The van der Waals surface area contributed by atoms with E-state index in [-0.39, 0.29) is 6.10 Å². The molecule has 1 atom stereocenters. The number of hydrogen-bond acceptors (Lipinski definition) is 1. The van der Waals surface area contributed by atoms with Crippen LogP contribution in [0.3, 0.4) is 0 Å². The van der Waals surface area contributed by atoms with Crippen LogP contribution in [0.5, 0.6) is 0 Å². The van der Waals surface area contributed by atoms with Crippen molar-refractivity contribution in [3.63, 3.8) is 0 Å². The number of rotatable bonds is 9. The van der Waals surface area contributed by atoms with Gasteiger partial charge in [-0.2, -0.15) is 0 Å². The standard InChI is InChI=1S/C21H26OSe/c1-2-3-12-19(17-23-20-13-8-5-9-14-20)21(22)16-15-18-10-6-4-7-11-18/h4-11,13-14,17,21-22H,2-3,12,15-16H2,1H3/b19-17-. The number of aryl methyl sites for hydroxylation is 1. The molecule has 0 fully saturated rings. The van der Waals surface area contributed by atoms with Crippen molar-refractivity contribution >= 4 is 19.4 Å². The second-order valence-electron chi connectivity index (χ2n) is 5.77. The van der Waals surface area contributed by atoms with Crippen LogP contribution < -0.4 is 4.46 Å². The normalized spacial score (nSPS) is 13.0. The van der Waals surface area contributed by atoms with Gasteiger partial charge in [0.05, 0.1) is 0 Å². The molecule has 1 unspecified atom stereocenters.